The molecule has 6 heteroatoms. The minimum Gasteiger partial charge on any atom is -0.389 e. The summed E-state index contributed by atoms with van der Waals surface area (Å²) in [6.07, 6.45) is -0.713. The van der Waals surface area contributed by atoms with Gasteiger partial charge in [0.1, 0.15) is 10.3 Å². The summed E-state index contributed by atoms with van der Waals surface area (Å²) < 4.78 is 5.89. The molecular formula is C13H19BrN2O3. The third-order valence-electron chi connectivity index (χ3n) is 2.21. The molecule has 0 aromatic carbocycles. The maximum absolute atomic E-state index is 11.7. The Morgan fingerprint density at radius 1 is 1.47 bits per heavy atom. The molecule has 0 saturated carbocycles. The van der Waals surface area contributed by atoms with Crippen molar-refractivity contribution in [1.29, 1.82) is 0 Å². The first-order chi connectivity index (χ1) is 8.99. The van der Waals surface area contributed by atoms with Crippen LogP contribution in [0.3, 0.4) is 0 Å². The van der Waals surface area contributed by atoms with Crippen LogP contribution in [-0.2, 0) is 4.74 Å². The average molecular weight is 331 g/mol. The van der Waals surface area contributed by atoms with Gasteiger partial charge in [-0.25, -0.2) is 4.98 Å². The average Bonchev–Trinajstić information content (AvgIpc) is 2.35. The predicted molar refractivity (Wildman–Crippen MR) is 75.9 cm³/mol. The standard InChI is InChI=1S/C13H19BrN2O3/c1-9(2)7-19-8-10(17)6-15-13(18)11-4-3-5-12(14)16-11/h3-5,9-10,17H,6-8H2,1-2H3,(H,15,18). The Hall–Kier alpha value is -0.980. The number of ether oxygens (including phenoxy) is 1. The minimum atomic E-state index is -0.713. The van der Waals surface area contributed by atoms with Crippen molar-refractivity contribution in [1.82, 2.24) is 10.3 Å². The molecule has 0 aliphatic rings. The molecule has 0 radical (unpaired) electrons. The first-order valence-corrected chi connectivity index (χ1v) is 6.95. The summed E-state index contributed by atoms with van der Waals surface area (Å²) in [6.45, 7) is 5.02. The Morgan fingerprint density at radius 3 is 2.84 bits per heavy atom. The van der Waals surface area contributed by atoms with Crippen LogP contribution in [0.15, 0.2) is 22.8 Å². The molecule has 0 aliphatic heterocycles. The summed E-state index contributed by atoms with van der Waals surface area (Å²) >= 11 is 3.20. The van der Waals surface area contributed by atoms with E-state index in [9.17, 15) is 9.90 Å². The molecular weight excluding hydrogens is 312 g/mol. The van der Waals surface area contributed by atoms with Gasteiger partial charge in [0.25, 0.3) is 5.91 Å². The zero-order valence-electron chi connectivity index (χ0n) is 11.1. The third-order valence-corrected chi connectivity index (χ3v) is 2.65. The number of carbonyl (C=O) groups is 1. The van der Waals surface area contributed by atoms with E-state index in [2.05, 4.69) is 26.2 Å². The van der Waals surface area contributed by atoms with Crippen LogP contribution in [-0.4, -0.2) is 41.9 Å². The van der Waals surface area contributed by atoms with Crippen LogP contribution >= 0.6 is 15.9 Å². The molecule has 0 fully saturated rings. The number of aliphatic hydroxyl groups excluding tert-OH is 1. The minimum absolute atomic E-state index is 0.144. The number of pyridine rings is 1. The maximum atomic E-state index is 11.7. The zero-order chi connectivity index (χ0) is 14.3. The van der Waals surface area contributed by atoms with Crippen molar-refractivity contribution in [3.05, 3.63) is 28.5 Å². The fraction of sp³-hybridized carbons (Fsp3) is 0.538. The van der Waals surface area contributed by atoms with Crippen LogP contribution in [0, 0.1) is 5.92 Å². The summed E-state index contributed by atoms with van der Waals surface area (Å²) in [5, 5.41) is 12.3. The van der Waals surface area contributed by atoms with Crippen molar-refractivity contribution >= 4 is 21.8 Å². The van der Waals surface area contributed by atoms with Crippen molar-refractivity contribution in [2.75, 3.05) is 19.8 Å². The lowest BCUT2D eigenvalue weighted by Gasteiger charge is -2.13. The summed E-state index contributed by atoms with van der Waals surface area (Å²) in [5.74, 6) is 0.108. The molecule has 0 spiro atoms. The number of nitrogens with one attached hydrogen (secondary N) is 1. The lowest BCUT2D eigenvalue weighted by molar-refractivity contribution is 0.0259. The van der Waals surface area contributed by atoms with Crippen molar-refractivity contribution in [2.24, 2.45) is 5.92 Å². The fourth-order valence-corrected chi connectivity index (χ4v) is 1.68. The van der Waals surface area contributed by atoms with Gasteiger partial charge < -0.3 is 15.2 Å². The van der Waals surface area contributed by atoms with Gasteiger partial charge in [-0.05, 0) is 34.0 Å². The normalized spacial score (nSPS) is 12.5. The highest BCUT2D eigenvalue weighted by Gasteiger charge is 2.10. The van der Waals surface area contributed by atoms with E-state index in [1.807, 2.05) is 13.8 Å². The van der Waals surface area contributed by atoms with Gasteiger partial charge in [0.2, 0.25) is 0 Å². The second kappa shape index (κ2) is 8.24. The van der Waals surface area contributed by atoms with E-state index < -0.39 is 6.10 Å². The Morgan fingerprint density at radius 2 is 2.21 bits per heavy atom. The molecule has 2 N–H and O–H groups in total. The van der Waals surface area contributed by atoms with E-state index in [-0.39, 0.29) is 19.1 Å². The van der Waals surface area contributed by atoms with Crippen LogP contribution in [0.2, 0.25) is 0 Å². The van der Waals surface area contributed by atoms with Gasteiger partial charge in [-0.15, -0.1) is 0 Å². The monoisotopic (exact) mass is 330 g/mol. The Balaban J connectivity index is 2.30. The molecule has 1 amide bonds. The van der Waals surface area contributed by atoms with Gasteiger partial charge in [-0.3, -0.25) is 4.79 Å². The molecule has 0 bridgehead atoms. The smallest absolute Gasteiger partial charge is 0.270 e. The van der Waals surface area contributed by atoms with E-state index in [0.717, 1.165) is 0 Å². The summed E-state index contributed by atoms with van der Waals surface area (Å²) in [7, 11) is 0. The number of nitrogens with zero attached hydrogens (tertiary/aromatic N) is 1. The number of rotatable bonds is 7. The van der Waals surface area contributed by atoms with Crippen LogP contribution in [0.5, 0.6) is 0 Å². The van der Waals surface area contributed by atoms with Crippen molar-refractivity contribution in [3.8, 4) is 0 Å². The van der Waals surface area contributed by atoms with E-state index in [0.29, 0.717) is 22.8 Å². The molecule has 1 aromatic rings. The van der Waals surface area contributed by atoms with Gasteiger partial charge in [0.15, 0.2) is 0 Å². The third kappa shape index (κ3) is 6.66. The summed E-state index contributed by atoms with van der Waals surface area (Å²) in [6, 6.07) is 5.08. The van der Waals surface area contributed by atoms with Crippen molar-refractivity contribution < 1.29 is 14.6 Å². The van der Waals surface area contributed by atoms with Crippen LogP contribution in [0.25, 0.3) is 0 Å². The van der Waals surface area contributed by atoms with Crippen LogP contribution in [0.4, 0.5) is 0 Å². The summed E-state index contributed by atoms with van der Waals surface area (Å²) in [5.41, 5.74) is 0.310. The van der Waals surface area contributed by atoms with E-state index >= 15 is 0 Å². The van der Waals surface area contributed by atoms with E-state index in [4.69, 9.17) is 4.74 Å². The highest BCUT2D eigenvalue weighted by molar-refractivity contribution is 9.10. The molecule has 1 atom stereocenters. The highest BCUT2D eigenvalue weighted by Crippen LogP contribution is 2.06. The molecule has 1 unspecified atom stereocenters. The topological polar surface area (TPSA) is 71.5 Å². The van der Waals surface area contributed by atoms with E-state index in [1.54, 1.807) is 18.2 Å². The molecule has 19 heavy (non-hydrogen) atoms. The number of aromatic nitrogens is 1. The molecule has 1 aromatic heterocycles. The Bertz CT molecular complexity index is 413. The maximum Gasteiger partial charge on any atom is 0.270 e. The first kappa shape index (κ1) is 16.1. The molecule has 0 aliphatic carbocycles. The second-order valence-corrected chi connectivity index (χ2v) is 5.45. The van der Waals surface area contributed by atoms with Crippen LogP contribution < -0.4 is 5.32 Å². The van der Waals surface area contributed by atoms with Gasteiger partial charge in [0.05, 0.1) is 12.7 Å². The van der Waals surface area contributed by atoms with Gasteiger partial charge in [0, 0.05) is 13.2 Å². The zero-order valence-corrected chi connectivity index (χ0v) is 12.7. The number of hydrogen-bond donors (Lipinski definition) is 2. The van der Waals surface area contributed by atoms with Crippen molar-refractivity contribution in [3.63, 3.8) is 0 Å². The molecule has 106 valence electrons. The molecule has 1 rings (SSSR count). The van der Waals surface area contributed by atoms with Crippen LogP contribution in [0.1, 0.15) is 24.3 Å². The van der Waals surface area contributed by atoms with Crippen molar-refractivity contribution in [2.45, 2.75) is 20.0 Å². The molecule has 0 saturated heterocycles. The van der Waals surface area contributed by atoms with Gasteiger partial charge >= 0.3 is 0 Å². The number of amides is 1. The first-order valence-electron chi connectivity index (χ1n) is 6.15. The number of carbonyl (C=O) groups excluding carboxylic acids is 1. The highest BCUT2D eigenvalue weighted by atomic mass is 79.9. The lowest BCUT2D eigenvalue weighted by Crippen LogP contribution is -2.35. The quantitative estimate of drug-likeness (QED) is 0.745. The SMILES string of the molecule is CC(C)COCC(O)CNC(=O)c1cccc(Br)n1. The fourth-order valence-electron chi connectivity index (χ4n) is 1.33. The van der Waals surface area contributed by atoms with Gasteiger partial charge in [-0.1, -0.05) is 19.9 Å². The number of aliphatic hydroxyl groups is 1. The second-order valence-electron chi connectivity index (χ2n) is 4.64. The lowest BCUT2D eigenvalue weighted by atomic mass is 10.2. The predicted octanol–water partition coefficient (Wildman–Crippen LogP) is 1.61. The Labute approximate surface area is 121 Å². The molecule has 1 heterocycles. The number of hydrogen-bond acceptors (Lipinski definition) is 4. The molecule has 5 nitrogen and oxygen atoms in total. The summed E-state index contributed by atoms with van der Waals surface area (Å²) in [4.78, 5) is 15.8. The van der Waals surface area contributed by atoms with E-state index in [1.165, 1.54) is 0 Å². The Kier molecular flexibility index (Phi) is 6.97. The van der Waals surface area contributed by atoms with Gasteiger partial charge in [-0.2, -0.15) is 0 Å². The number of halogens is 1. The largest absolute Gasteiger partial charge is 0.389 e.